The summed E-state index contributed by atoms with van der Waals surface area (Å²) in [6.07, 6.45) is 7.98. The minimum absolute atomic E-state index is 0.129. The van der Waals surface area contributed by atoms with Crippen molar-refractivity contribution >= 4 is 17.3 Å². The number of amides is 1. The first kappa shape index (κ1) is 13.9. The largest absolute Gasteiger partial charge is 0.385 e. The highest BCUT2D eigenvalue weighted by Gasteiger charge is 2.14. The van der Waals surface area contributed by atoms with E-state index in [4.69, 9.17) is 0 Å². The van der Waals surface area contributed by atoms with Gasteiger partial charge in [0.05, 0.1) is 0 Å². The van der Waals surface area contributed by atoms with E-state index in [2.05, 4.69) is 29.7 Å². The topological polar surface area (TPSA) is 41.1 Å². The molecule has 1 aromatic carbocycles. The van der Waals surface area contributed by atoms with Gasteiger partial charge in [0, 0.05) is 24.3 Å². The summed E-state index contributed by atoms with van der Waals surface area (Å²) in [6.45, 7) is 3.28. The van der Waals surface area contributed by atoms with Gasteiger partial charge in [0.25, 0.3) is 0 Å². The molecule has 104 valence electrons. The highest BCUT2D eigenvalue weighted by Crippen LogP contribution is 2.25. The lowest BCUT2D eigenvalue weighted by molar-refractivity contribution is -0.116. The molecule has 2 rings (SSSR count). The second kappa shape index (κ2) is 7.17. The Kier molecular flexibility index (Phi) is 5.25. The number of anilines is 2. The predicted molar refractivity (Wildman–Crippen MR) is 80.6 cm³/mol. The summed E-state index contributed by atoms with van der Waals surface area (Å²) in [6, 6.07) is 6.23. The van der Waals surface area contributed by atoms with Crippen LogP contribution < -0.4 is 10.6 Å². The number of carbonyl (C=O) groups is 1. The quantitative estimate of drug-likeness (QED) is 0.729. The van der Waals surface area contributed by atoms with Crippen molar-refractivity contribution in [1.29, 1.82) is 0 Å². The number of nitrogens with one attached hydrogen (secondary N) is 2. The first-order valence-electron chi connectivity index (χ1n) is 7.46. The molecule has 0 fully saturated rings. The molecular formula is C16H24N2O. The fourth-order valence-corrected chi connectivity index (χ4v) is 2.45. The molecule has 1 heterocycles. The van der Waals surface area contributed by atoms with E-state index in [0.29, 0.717) is 6.42 Å². The van der Waals surface area contributed by atoms with Crippen LogP contribution in [0.15, 0.2) is 18.2 Å². The number of benzene rings is 1. The molecule has 0 spiro atoms. The molecule has 0 aromatic heterocycles. The highest BCUT2D eigenvalue weighted by atomic mass is 16.1. The number of aryl methyl sites for hydroxylation is 1. The van der Waals surface area contributed by atoms with E-state index in [0.717, 1.165) is 18.7 Å². The molecule has 0 bridgehead atoms. The van der Waals surface area contributed by atoms with Crippen molar-refractivity contribution in [2.45, 2.75) is 51.9 Å². The van der Waals surface area contributed by atoms with Gasteiger partial charge in [-0.15, -0.1) is 0 Å². The number of unbranched alkanes of at least 4 members (excludes halogenated alkanes) is 4. The van der Waals surface area contributed by atoms with Crippen molar-refractivity contribution in [2.24, 2.45) is 0 Å². The lowest BCUT2D eigenvalue weighted by Crippen LogP contribution is -2.19. The van der Waals surface area contributed by atoms with E-state index in [9.17, 15) is 4.79 Å². The van der Waals surface area contributed by atoms with Crippen molar-refractivity contribution in [3.63, 3.8) is 0 Å². The van der Waals surface area contributed by atoms with Gasteiger partial charge < -0.3 is 10.6 Å². The van der Waals surface area contributed by atoms with Gasteiger partial charge in [0.1, 0.15) is 0 Å². The molecule has 0 aliphatic carbocycles. The number of carbonyl (C=O) groups excluding carboxylic acids is 1. The minimum Gasteiger partial charge on any atom is -0.385 e. The fourth-order valence-electron chi connectivity index (χ4n) is 2.45. The molecule has 0 saturated heterocycles. The maximum Gasteiger partial charge on any atom is 0.224 e. The third-order valence-corrected chi connectivity index (χ3v) is 3.61. The van der Waals surface area contributed by atoms with Crippen LogP contribution in [-0.4, -0.2) is 12.5 Å². The molecule has 1 amide bonds. The van der Waals surface area contributed by atoms with Crippen molar-refractivity contribution in [3.8, 4) is 0 Å². The van der Waals surface area contributed by atoms with Crippen LogP contribution >= 0.6 is 0 Å². The van der Waals surface area contributed by atoms with E-state index in [1.165, 1.54) is 43.4 Å². The van der Waals surface area contributed by atoms with E-state index in [1.54, 1.807) is 0 Å². The zero-order chi connectivity index (χ0) is 13.5. The summed E-state index contributed by atoms with van der Waals surface area (Å²) < 4.78 is 0. The summed E-state index contributed by atoms with van der Waals surface area (Å²) in [4.78, 5) is 11.3. The highest BCUT2D eigenvalue weighted by molar-refractivity contribution is 5.94. The van der Waals surface area contributed by atoms with Crippen molar-refractivity contribution < 1.29 is 4.79 Å². The van der Waals surface area contributed by atoms with Crippen molar-refractivity contribution in [2.75, 3.05) is 17.2 Å². The van der Waals surface area contributed by atoms with Crippen LogP contribution in [0, 0.1) is 0 Å². The molecule has 1 aliphatic heterocycles. The van der Waals surface area contributed by atoms with Crippen LogP contribution in [0.4, 0.5) is 11.4 Å². The maximum absolute atomic E-state index is 11.3. The molecule has 3 nitrogen and oxygen atoms in total. The number of rotatable bonds is 7. The van der Waals surface area contributed by atoms with E-state index in [-0.39, 0.29) is 5.91 Å². The van der Waals surface area contributed by atoms with E-state index in [1.807, 2.05) is 6.07 Å². The average molecular weight is 260 g/mol. The monoisotopic (exact) mass is 260 g/mol. The third kappa shape index (κ3) is 4.27. The van der Waals surface area contributed by atoms with Crippen molar-refractivity contribution in [3.05, 3.63) is 23.8 Å². The zero-order valence-corrected chi connectivity index (χ0v) is 11.8. The molecule has 0 unspecified atom stereocenters. The second-order valence-corrected chi connectivity index (χ2v) is 5.26. The standard InChI is InChI=1S/C16H24N2O/c1-2-3-4-5-6-11-17-14-8-9-15-13(12-14)7-10-16(19)18-15/h8-9,12,17H,2-7,10-11H2,1H3,(H,18,19). The van der Waals surface area contributed by atoms with Crippen LogP contribution in [0.3, 0.4) is 0 Å². The Morgan fingerprint density at radius 1 is 1.16 bits per heavy atom. The Bertz CT molecular complexity index is 429. The molecule has 1 aliphatic rings. The lowest BCUT2D eigenvalue weighted by Gasteiger charge is -2.18. The second-order valence-electron chi connectivity index (χ2n) is 5.26. The summed E-state index contributed by atoms with van der Waals surface area (Å²) in [5.74, 6) is 0.129. The normalized spacial score (nSPS) is 13.8. The first-order valence-corrected chi connectivity index (χ1v) is 7.46. The third-order valence-electron chi connectivity index (χ3n) is 3.61. The van der Waals surface area contributed by atoms with Gasteiger partial charge >= 0.3 is 0 Å². The number of hydrogen-bond acceptors (Lipinski definition) is 2. The summed E-state index contributed by atoms with van der Waals surface area (Å²) in [5.41, 5.74) is 3.39. The minimum atomic E-state index is 0.129. The molecule has 0 atom stereocenters. The van der Waals surface area contributed by atoms with Crippen LogP contribution in [0.1, 0.15) is 51.0 Å². The summed E-state index contributed by atoms with van der Waals surface area (Å²) in [5, 5.41) is 6.38. The Balaban J connectivity index is 1.77. The van der Waals surface area contributed by atoms with Gasteiger partial charge in [-0.1, -0.05) is 32.6 Å². The Morgan fingerprint density at radius 2 is 2.00 bits per heavy atom. The van der Waals surface area contributed by atoms with Crippen LogP contribution in [-0.2, 0) is 11.2 Å². The summed E-state index contributed by atoms with van der Waals surface area (Å²) in [7, 11) is 0. The van der Waals surface area contributed by atoms with E-state index < -0.39 is 0 Å². The molecule has 3 heteroatoms. The number of hydrogen-bond donors (Lipinski definition) is 2. The molecule has 0 saturated carbocycles. The fraction of sp³-hybridized carbons (Fsp3) is 0.562. The Hall–Kier alpha value is -1.51. The van der Waals surface area contributed by atoms with Crippen LogP contribution in [0.2, 0.25) is 0 Å². The van der Waals surface area contributed by atoms with Crippen LogP contribution in [0.25, 0.3) is 0 Å². The van der Waals surface area contributed by atoms with Crippen LogP contribution in [0.5, 0.6) is 0 Å². The SMILES string of the molecule is CCCCCCCNc1ccc2c(c1)CCC(=O)N2. The predicted octanol–water partition coefficient (Wildman–Crippen LogP) is 3.95. The van der Waals surface area contributed by atoms with E-state index >= 15 is 0 Å². The maximum atomic E-state index is 11.3. The first-order chi connectivity index (χ1) is 9.29. The van der Waals surface area contributed by atoms with Crippen molar-refractivity contribution in [1.82, 2.24) is 0 Å². The zero-order valence-electron chi connectivity index (χ0n) is 11.8. The number of fused-ring (bicyclic) bond motifs is 1. The Morgan fingerprint density at radius 3 is 2.84 bits per heavy atom. The van der Waals surface area contributed by atoms with Gasteiger partial charge in [-0.25, -0.2) is 0 Å². The van der Waals surface area contributed by atoms with Gasteiger partial charge in [0.15, 0.2) is 0 Å². The van der Waals surface area contributed by atoms with Gasteiger partial charge in [-0.2, -0.15) is 0 Å². The van der Waals surface area contributed by atoms with Gasteiger partial charge in [-0.3, -0.25) is 4.79 Å². The average Bonchev–Trinajstić information content (AvgIpc) is 2.43. The van der Waals surface area contributed by atoms with Gasteiger partial charge in [-0.05, 0) is 36.6 Å². The lowest BCUT2D eigenvalue weighted by atomic mass is 10.0. The molecule has 19 heavy (non-hydrogen) atoms. The molecular weight excluding hydrogens is 236 g/mol. The Labute approximate surface area is 115 Å². The smallest absolute Gasteiger partial charge is 0.224 e. The molecule has 0 radical (unpaired) electrons. The molecule has 1 aromatic rings. The van der Waals surface area contributed by atoms with Gasteiger partial charge in [0.2, 0.25) is 5.91 Å². The summed E-state index contributed by atoms with van der Waals surface area (Å²) >= 11 is 0. The molecule has 2 N–H and O–H groups in total.